The third-order valence-electron chi connectivity index (χ3n) is 4.81. The molecule has 3 N–H and O–H groups in total. The van der Waals surface area contributed by atoms with Gasteiger partial charge >= 0.3 is 0 Å². The second-order valence-electron chi connectivity index (χ2n) is 7.28. The number of anilines is 1. The first-order chi connectivity index (χ1) is 15.7. The number of primary sulfonamides is 1. The number of hydrogen-bond donors (Lipinski definition) is 2. The van der Waals surface area contributed by atoms with Crippen LogP contribution in [0.5, 0.6) is 0 Å². The molecule has 0 spiro atoms. The van der Waals surface area contributed by atoms with Gasteiger partial charge in [-0.05, 0) is 50.1 Å². The molecule has 1 amide bonds. The number of thioether (sulfide) groups is 1. The van der Waals surface area contributed by atoms with Crippen molar-refractivity contribution >= 4 is 44.3 Å². The fraction of sp³-hybridized carbons (Fsp3) is 0.318. The lowest BCUT2D eigenvalue weighted by molar-refractivity contribution is -0.113. The van der Waals surface area contributed by atoms with E-state index in [1.165, 1.54) is 6.07 Å². The maximum Gasteiger partial charge on any atom is 0.262 e. The largest absolute Gasteiger partial charge is 0.382 e. The zero-order chi connectivity index (χ0) is 24.0. The van der Waals surface area contributed by atoms with Gasteiger partial charge in [-0.15, -0.1) is 0 Å². The zero-order valence-electron chi connectivity index (χ0n) is 18.4. The third kappa shape index (κ3) is 6.41. The number of carbonyl (C=O) groups excluding carboxylic acids is 1. The number of hydrogen-bond acceptors (Lipinski definition) is 7. The standard InChI is InChI=1S/C22H26N4O5S2/c1-3-31-12-6-11-26-21(28)17-7-4-5-8-18(17)25-22(26)32-14-20(27)24-16-10-9-15(2)19(13-16)33(23,29)30/h4-5,7-10,13H,3,6,11-12,14H2,1-2H3,(H,24,27)(H2,23,29,30). The van der Waals surface area contributed by atoms with Crippen molar-refractivity contribution in [3.63, 3.8) is 0 Å². The van der Waals surface area contributed by atoms with Crippen molar-refractivity contribution in [2.75, 3.05) is 24.3 Å². The maximum atomic E-state index is 13.0. The van der Waals surface area contributed by atoms with Crippen molar-refractivity contribution in [2.24, 2.45) is 5.14 Å². The molecule has 11 heteroatoms. The second-order valence-corrected chi connectivity index (χ2v) is 9.75. The Balaban J connectivity index is 1.78. The summed E-state index contributed by atoms with van der Waals surface area (Å²) in [6.45, 7) is 5.05. The van der Waals surface area contributed by atoms with Crippen molar-refractivity contribution in [3.8, 4) is 0 Å². The Hall–Kier alpha value is -2.73. The first-order valence-corrected chi connectivity index (χ1v) is 12.9. The minimum absolute atomic E-state index is 0.0190. The van der Waals surface area contributed by atoms with Crippen LogP contribution in [0.15, 0.2) is 57.3 Å². The summed E-state index contributed by atoms with van der Waals surface area (Å²) in [6.07, 6.45) is 0.632. The molecule has 176 valence electrons. The SMILES string of the molecule is CCOCCCn1c(SCC(=O)Nc2ccc(C)c(S(N)(=O)=O)c2)nc2ccccc2c1=O. The van der Waals surface area contributed by atoms with Crippen LogP contribution < -0.4 is 16.0 Å². The van der Waals surface area contributed by atoms with Gasteiger partial charge in [0.05, 0.1) is 21.6 Å². The van der Waals surface area contributed by atoms with Crippen LogP contribution in [-0.2, 0) is 26.1 Å². The summed E-state index contributed by atoms with van der Waals surface area (Å²) >= 11 is 1.14. The Morgan fingerprint density at radius 2 is 2.00 bits per heavy atom. The molecule has 0 radical (unpaired) electrons. The van der Waals surface area contributed by atoms with Crippen molar-refractivity contribution < 1.29 is 17.9 Å². The monoisotopic (exact) mass is 490 g/mol. The minimum Gasteiger partial charge on any atom is -0.382 e. The van der Waals surface area contributed by atoms with Gasteiger partial charge in [0.2, 0.25) is 15.9 Å². The van der Waals surface area contributed by atoms with Gasteiger partial charge in [-0.1, -0.05) is 30.0 Å². The molecular formula is C22H26N4O5S2. The molecule has 3 rings (SSSR count). The number of amides is 1. The van der Waals surface area contributed by atoms with E-state index in [9.17, 15) is 18.0 Å². The summed E-state index contributed by atoms with van der Waals surface area (Å²) in [5.41, 5.74) is 1.19. The summed E-state index contributed by atoms with van der Waals surface area (Å²) in [5, 5.41) is 8.84. The maximum absolute atomic E-state index is 13.0. The number of nitrogens with two attached hydrogens (primary N) is 1. The van der Waals surface area contributed by atoms with Crippen LogP contribution in [0.2, 0.25) is 0 Å². The molecule has 0 saturated carbocycles. The average Bonchev–Trinajstić information content (AvgIpc) is 2.77. The molecule has 33 heavy (non-hydrogen) atoms. The lowest BCUT2D eigenvalue weighted by Gasteiger charge is -2.13. The second kappa shape index (κ2) is 10.9. The predicted octanol–water partition coefficient (Wildman–Crippen LogP) is 2.51. The van der Waals surface area contributed by atoms with E-state index < -0.39 is 10.0 Å². The lowest BCUT2D eigenvalue weighted by atomic mass is 10.2. The zero-order valence-corrected chi connectivity index (χ0v) is 20.0. The minimum atomic E-state index is -3.91. The van der Waals surface area contributed by atoms with Gasteiger partial charge in [-0.3, -0.25) is 14.2 Å². The molecule has 0 unspecified atom stereocenters. The van der Waals surface area contributed by atoms with Gasteiger partial charge in [0.15, 0.2) is 5.16 Å². The summed E-state index contributed by atoms with van der Waals surface area (Å²) in [4.78, 5) is 30.1. The molecule has 0 atom stereocenters. The van der Waals surface area contributed by atoms with E-state index >= 15 is 0 Å². The predicted molar refractivity (Wildman–Crippen MR) is 129 cm³/mol. The van der Waals surface area contributed by atoms with Crippen LogP contribution in [0.1, 0.15) is 18.9 Å². The van der Waals surface area contributed by atoms with Crippen LogP contribution >= 0.6 is 11.8 Å². The van der Waals surface area contributed by atoms with E-state index in [0.717, 1.165) is 11.8 Å². The molecular weight excluding hydrogens is 464 g/mol. The topological polar surface area (TPSA) is 133 Å². The quantitative estimate of drug-likeness (QED) is 0.253. The van der Waals surface area contributed by atoms with Gasteiger partial charge in [-0.25, -0.2) is 18.5 Å². The molecule has 1 heterocycles. The molecule has 0 saturated heterocycles. The molecule has 0 aliphatic rings. The van der Waals surface area contributed by atoms with Gasteiger partial charge in [0, 0.05) is 25.4 Å². The van der Waals surface area contributed by atoms with E-state index in [-0.39, 0.29) is 22.1 Å². The van der Waals surface area contributed by atoms with Gasteiger partial charge in [0.25, 0.3) is 5.56 Å². The molecule has 0 aliphatic carbocycles. The third-order valence-corrected chi connectivity index (χ3v) is 6.84. The molecule has 0 aliphatic heterocycles. The van der Waals surface area contributed by atoms with Crippen molar-refractivity contribution in [1.82, 2.24) is 9.55 Å². The van der Waals surface area contributed by atoms with Crippen LogP contribution in [-0.4, -0.2) is 42.8 Å². The Kier molecular flexibility index (Phi) is 8.25. The number of sulfonamides is 1. The number of aromatic nitrogens is 2. The first kappa shape index (κ1) is 24.9. The number of para-hydroxylation sites is 1. The number of ether oxygens (including phenoxy) is 1. The Morgan fingerprint density at radius 3 is 2.73 bits per heavy atom. The average molecular weight is 491 g/mol. The Morgan fingerprint density at radius 1 is 1.24 bits per heavy atom. The Labute approximate surface area is 196 Å². The van der Waals surface area contributed by atoms with Crippen molar-refractivity contribution in [3.05, 3.63) is 58.4 Å². The normalized spacial score (nSPS) is 11.6. The molecule has 9 nitrogen and oxygen atoms in total. The summed E-state index contributed by atoms with van der Waals surface area (Å²) in [6, 6.07) is 11.6. The Bertz CT molecular complexity index is 1320. The fourth-order valence-electron chi connectivity index (χ4n) is 3.24. The highest BCUT2D eigenvalue weighted by molar-refractivity contribution is 7.99. The first-order valence-electron chi connectivity index (χ1n) is 10.3. The molecule has 0 fully saturated rings. The summed E-state index contributed by atoms with van der Waals surface area (Å²) < 4.78 is 30.4. The van der Waals surface area contributed by atoms with Gasteiger partial charge in [-0.2, -0.15) is 0 Å². The number of aryl methyl sites for hydroxylation is 1. The van der Waals surface area contributed by atoms with Gasteiger partial charge < -0.3 is 10.1 Å². The molecule has 3 aromatic rings. The van der Waals surface area contributed by atoms with Gasteiger partial charge in [0.1, 0.15) is 0 Å². The van der Waals surface area contributed by atoms with Crippen LogP contribution in [0, 0.1) is 6.92 Å². The van der Waals surface area contributed by atoms with E-state index in [2.05, 4.69) is 10.3 Å². The lowest BCUT2D eigenvalue weighted by Crippen LogP contribution is -2.25. The molecule has 1 aromatic heterocycles. The highest BCUT2D eigenvalue weighted by Gasteiger charge is 2.15. The number of carbonyl (C=O) groups is 1. The van der Waals surface area contributed by atoms with Crippen LogP contribution in [0.25, 0.3) is 10.9 Å². The van der Waals surface area contributed by atoms with E-state index in [1.54, 1.807) is 47.9 Å². The number of benzene rings is 2. The van der Waals surface area contributed by atoms with E-state index in [1.807, 2.05) is 6.92 Å². The smallest absolute Gasteiger partial charge is 0.262 e. The number of nitrogens with one attached hydrogen (secondary N) is 1. The highest BCUT2D eigenvalue weighted by Crippen LogP contribution is 2.21. The van der Waals surface area contributed by atoms with Crippen molar-refractivity contribution in [1.29, 1.82) is 0 Å². The molecule has 2 aromatic carbocycles. The van der Waals surface area contributed by atoms with E-state index in [0.29, 0.717) is 53.5 Å². The highest BCUT2D eigenvalue weighted by atomic mass is 32.2. The van der Waals surface area contributed by atoms with Crippen molar-refractivity contribution in [2.45, 2.75) is 36.9 Å². The van der Waals surface area contributed by atoms with Crippen LogP contribution in [0.3, 0.4) is 0 Å². The number of fused-ring (bicyclic) bond motifs is 1. The number of rotatable bonds is 10. The molecule has 0 bridgehead atoms. The summed E-state index contributed by atoms with van der Waals surface area (Å²) in [5.74, 6) is -0.387. The fourth-order valence-corrected chi connectivity index (χ4v) is 4.87. The van der Waals surface area contributed by atoms with E-state index in [4.69, 9.17) is 9.88 Å². The number of nitrogens with zero attached hydrogens (tertiary/aromatic N) is 2. The van der Waals surface area contributed by atoms with Crippen LogP contribution in [0.4, 0.5) is 5.69 Å². The summed E-state index contributed by atoms with van der Waals surface area (Å²) in [7, 11) is -3.91.